The number of ketones is 1. The van der Waals surface area contributed by atoms with Crippen LogP contribution in [-0.4, -0.2) is 18.4 Å². The fraction of sp³-hybridized carbons (Fsp3) is 0.273. The molecular weight excluding hydrogens is 374 g/mol. The molecule has 0 bridgehead atoms. The molecule has 144 valence electrons. The Labute approximate surface area is 167 Å². The van der Waals surface area contributed by atoms with Crippen molar-refractivity contribution in [2.75, 3.05) is 6.61 Å². The molecule has 0 unspecified atom stereocenters. The van der Waals surface area contributed by atoms with Crippen LogP contribution in [0.1, 0.15) is 42.0 Å². The normalized spacial score (nSPS) is 22.0. The first-order valence-electron chi connectivity index (χ1n) is 9.29. The molecule has 0 fully saturated rings. The summed E-state index contributed by atoms with van der Waals surface area (Å²) < 4.78 is 11.0. The SMILES string of the molecule is CCOC(=O)C1=C(N)OC2=C(C(=O)C[C@@H](c3ccccc3)C2)[C@@H]1c1cccs1. The van der Waals surface area contributed by atoms with Gasteiger partial charge in [0, 0.05) is 23.3 Å². The third kappa shape index (κ3) is 3.24. The smallest absolute Gasteiger partial charge is 0.340 e. The summed E-state index contributed by atoms with van der Waals surface area (Å²) in [6, 6.07) is 13.7. The minimum atomic E-state index is -0.539. The van der Waals surface area contributed by atoms with E-state index in [-0.39, 0.29) is 29.8 Å². The summed E-state index contributed by atoms with van der Waals surface area (Å²) in [6.07, 6.45) is 0.952. The van der Waals surface area contributed by atoms with E-state index in [9.17, 15) is 9.59 Å². The number of benzene rings is 1. The number of nitrogens with two attached hydrogens (primary N) is 1. The van der Waals surface area contributed by atoms with E-state index in [0.29, 0.717) is 24.2 Å². The second-order valence-electron chi connectivity index (χ2n) is 6.82. The summed E-state index contributed by atoms with van der Waals surface area (Å²) in [4.78, 5) is 26.7. The summed E-state index contributed by atoms with van der Waals surface area (Å²) in [7, 11) is 0. The van der Waals surface area contributed by atoms with E-state index in [1.807, 2.05) is 47.8 Å². The van der Waals surface area contributed by atoms with Crippen molar-refractivity contribution in [1.29, 1.82) is 0 Å². The van der Waals surface area contributed by atoms with Gasteiger partial charge in [-0.2, -0.15) is 0 Å². The van der Waals surface area contributed by atoms with Crippen LogP contribution in [0.2, 0.25) is 0 Å². The van der Waals surface area contributed by atoms with Crippen molar-refractivity contribution in [3.8, 4) is 0 Å². The van der Waals surface area contributed by atoms with Crippen molar-refractivity contribution in [1.82, 2.24) is 0 Å². The first-order chi connectivity index (χ1) is 13.6. The van der Waals surface area contributed by atoms with Gasteiger partial charge in [-0.25, -0.2) is 4.79 Å². The number of carbonyl (C=O) groups is 2. The molecule has 0 radical (unpaired) electrons. The van der Waals surface area contributed by atoms with E-state index in [0.717, 1.165) is 10.4 Å². The molecule has 1 aromatic heterocycles. The summed E-state index contributed by atoms with van der Waals surface area (Å²) in [5.41, 5.74) is 8.01. The van der Waals surface area contributed by atoms with Crippen molar-refractivity contribution < 1.29 is 19.1 Å². The van der Waals surface area contributed by atoms with E-state index in [4.69, 9.17) is 15.2 Å². The maximum Gasteiger partial charge on any atom is 0.340 e. The number of esters is 1. The minimum Gasteiger partial charge on any atom is -0.462 e. The molecule has 2 atom stereocenters. The van der Waals surface area contributed by atoms with Gasteiger partial charge in [0.2, 0.25) is 5.88 Å². The van der Waals surface area contributed by atoms with Gasteiger partial charge in [-0.1, -0.05) is 36.4 Å². The molecule has 5 nitrogen and oxygen atoms in total. The quantitative estimate of drug-likeness (QED) is 0.792. The van der Waals surface area contributed by atoms with Gasteiger partial charge in [0.1, 0.15) is 11.3 Å². The van der Waals surface area contributed by atoms with E-state index < -0.39 is 11.9 Å². The molecule has 0 saturated heterocycles. The van der Waals surface area contributed by atoms with Gasteiger partial charge in [-0.15, -0.1) is 11.3 Å². The van der Waals surface area contributed by atoms with Gasteiger partial charge in [0.25, 0.3) is 0 Å². The first kappa shape index (κ1) is 18.5. The van der Waals surface area contributed by atoms with Crippen LogP contribution in [0, 0.1) is 0 Å². The highest BCUT2D eigenvalue weighted by molar-refractivity contribution is 7.10. The zero-order chi connectivity index (χ0) is 19.7. The lowest BCUT2D eigenvalue weighted by Gasteiger charge is -2.34. The van der Waals surface area contributed by atoms with E-state index >= 15 is 0 Å². The highest BCUT2D eigenvalue weighted by atomic mass is 32.1. The molecule has 0 amide bonds. The zero-order valence-corrected chi connectivity index (χ0v) is 16.3. The standard InChI is InChI=1S/C22H21NO4S/c1-2-26-22(25)20-19(17-9-6-10-28-17)18-15(24)11-14(12-16(18)27-21(20)23)13-7-4-3-5-8-13/h3-10,14,19H,2,11-12,23H2,1H3/t14-,19+/m1/s1. The molecule has 0 spiro atoms. The van der Waals surface area contributed by atoms with Crippen molar-refractivity contribution >= 4 is 23.1 Å². The Morgan fingerprint density at radius 1 is 1.21 bits per heavy atom. The maximum atomic E-state index is 13.2. The lowest BCUT2D eigenvalue weighted by atomic mass is 9.75. The number of thiophene rings is 1. The van der Waals surface area contributed by atoms with Crippen LogP contribution in [-0.2, 0) is 19.1 Å². The van der Waals surface area contributed by atoms with E-state index in [1.54, 1.807) is 6.92 Å². The topological polar surface area (TPSA) is 78.6 Å². The van der Waals surface area contributed by atoms with Crippen molar-refractivity contribution in [3.05, 3.63) is 81.1 Å². The van der Waals surface area contributed by atoms with Crippen LogP contribution < -0.4 is 5.73 Å². The average Bonchev–Trinajstić information content (AvgIpc) is 3.22. The van der Waals surface area contributed by atoms with Crippen LogP contribution in [0.25, 0.3) is 0 Å². The summed E-state index contributed by atoms with van der Waals surface area (Å²) in [5, 5.41) is 1.92. The van der Waals surface area contributed by atoms with Gasteiger partial charge in [0.15, 0.2) is 5.78 Å². The third-order valence-electron chi connectivity index (χ3n) is 5.13. The van der Waals surface area contributed by atoms with Crippen molar-refractivity contribution in [2.45, 2.75) is 31.6 Å². The van der Waals surface area contributed by atoms with E-state index in [1.165, 1.54) is 11.3 Å². The molecule has 6 heteroatoms. The highest BCUT2D eigenvalue weighted by Gasteiger charge is 2.43. The summed E-state index contributed by atoms with van der Waals surface area (Å²) in [6.45, 7) is 1.96. The molecule has 1 aliphatic carbocycles. The number of hydrogen-bond donors (Lipinski definition) is 1. The third-order valence-corrected chi connectivity index (χ3v) is 6.07. The molecule has 2 aromatic rings. The Morgan fingerprint density at radius 3 is 2.68 bits per heavy atom. The van der Waals surface area contributed by atoms with Crippen LogP contribution in [0.3, 0.4) is 0 Å². The van der Waals surface area contributed by atoms with Crippen molar-refractivity contribution in [3.63, 3.8) is 0 Å². The number of ether oxygens (including phenoxy) is 2. The van der Waals surface area contributed by atoms with Gasteiger partial charge in [0.05, 0.1) is 12.5 Å². The maximum absolute atomic E-state index is 13.2. The molecule has 2 heterocycles. The summed E-state index contributed by atoms with van der Waals surface area (Å²) >= 11 is 1.49. The van der Waals surface area contributed by atoms with Gasteiger partial charge in [-0.3, -0.25) is 4.79 Å². The largest absolute Gasteiger partial charge is 0.462 e. The first-order valence-corrected chi connectivity index (χ1v) is 10.2. The fourth-order valence-electron chi connectivity index (χ4n) is 3.92. The van der Waals surface area contributed by atoms with Crippen molar-refractivity contribution in [2.24, 2.45) is 5.73 Å². The predicted molar refractivity (Wildman–Crippen MR) is 106 cm³/mol. The molecule has 4 rings (SSSR count). The molecule has 2 aliphatic rings. The lowest BCUT2D eigenvalue weighted by molar-refractivity contribution is -0.139. The number of rotatable bonds is 4. The number of carbonyl (C=O) groups excluding carboxylic acids is 2. The predicted octanol–water partition coefficient (Wildman–Crippen LogP) is 4.00. The monoisotopic (exact) mass is 395 g/mol. The summed E-state index contributed by atoms with van der Waals surface area (Å²) in [5.74, 6) is -0.461. The molecule has 2 N–H and O–H groups in total. The van der Waals surface area contributed by atoms with Gasteiger partial charge in [-0.05, 0) is 29.9 Å². The second-order valence-corrected chi connectivity index (χ2v) is 7.80. The lowest BCUT2D eigenvalue weighted by Crippen LogP contribution is -2.32. The number of allylic oxidation sites excluding steroid dienone is 2. The van der Waals surface area contributed by atoms with Crippen LogP contribution in [0.4, 0.5) is 0 Å². The fourth-order valence-corrected chi connectivity index (χ4v) is 4.76. The Bertz CT molecular complexity index is 960. The van der Waals surface area contributed by atoms with Crippen LogP contribution >= 0.6 is 11.3 Å². The van der Waals surface area contributed by atoms with E-state index in [2.05, 4.69) is 0 Å². The molecular formula is C22H21NO4S. The molecule has 1 aliphatic heterocycles. The Kier molecular flexibility index (Phi) is 5.05. The minimum absolute atomic E-state index is 0.0113. The molecule has 28 heavy (non-hydrogen) atoms. The Morgan fingerprint density at radius 2 is 2.00 bits per heavy atom. The highest BCUT2D eigenvalue weighted by Crippen LogP contribution is 2.48. The van der Waals surface area contributed by atoms with Crippen LogP contribution in [0.15, 0.2) is 70.6 Å². The van der Waals surface area contributed by atoms with Crippen LogP contribution in [0.5, 0.6) is 0 Å². The second kappa shape index (κ2) is 7.64. The molecule has 0 saturated carbocycles. The number of Topliss-reactive ketones (excluding diaryl/α,β-unsaturated/α-hetero) is 1. The Balaban J connectivity index is 1.77. The zero-order valence-electron chi connectivity index (χ0n) is 15.5. The van der Waals surface area contributed by atoms with Gasteiger partial charge < -0.3 is 15.2 Å². The average molecular weight is 395 g/mol. The van der Waals surface area contributed by atoms with Gasteiger partial charge >= 0.3 is 5.97 Å². The molecule has 1 aromatic carbocycles. The number of hydrogen-bond acceptors (Lipinski definition) is 6. The Hall–Kier alpha value is -2.86.